The second-order valence-corrected chi connectivity index (χ2v) is 8.33. The zero-order chi connectivity index (χ0) is 24.4. The van der Waals surface area contributed by atoms with Crippen LogP contribution in [0.2, 0.25) is 5.02 Å². The van der Waals surface area contributed by atoms with Crippen LogP contribution >= 0.6 is 11.6 Å². The number of hydrogen-bond acceptors (Lipinski definition) is 7. The number of aromatic nitrogens is 7. The van der Waals surface area contributed by atoms with Crippen LogP contribution in [0.15, 0.2) is 30.9 Å². The van der Waals surface area contributed by atoms with Crippen molar-refractivity contribution in [1.82, 2.24) is 34.6 Å². The van der Waals surface area contributed by atoms with Gasteiger partial charge in [0, 0.05) is 6.54 Å². The Bertz CT molecular complexity index is 1430. The molecule has 1 atom stereocenters. The second-order valence-electron chi connectivity index (χ2n) is 7.92. The molecule has 2 amide bonds. The van der Waals surface area contributed by atoms with Crippen molar-refractivity contribution < 1.29 is 18.0 Å². The van der Waals surface area contributed by atoms with Crippen molar-refractivity contribution in [2.24, 2.45) is 0 Å². The Labute approximate surface area is 194 Å². The van der Waals surface area contributed by atoms with Crippen molar-refractivity contribution in [3.8, 4) is 5.82 Å². The number of fused-ring (bicyclic) bond motifs is 3. The molecule has 0 fully saturated rings. The number of pyridine rings is 1. The summed E-state index contributed by atoms with van der Waals surface area (Å²) in [5.41, 5.74) is 4.02. The van der Waals surface area contributed by atoms with Gasteiger partial charge in [-0.2, -0.15) is 28.5 Å². The molecule has 0 bridgehead atoms. The quantitative estimate of drug-likeness (QED) is 0.439. The summed E-state index contributed by atoms with van der Waals surface area (Å²) >= 11 is 6.22. The number of nitrogens with zero attached hydrogens (tertiary/aromatic N) is 8. The summed E-state index contributed by atoms with van der Waals surface area (Å²) in [6.45, 7) is 1.89. The zero-order valence-corrected chi connectivity index (χ0v) is 18.4. The highest BCUT2D eigenvalue weighted by molar-refractivity contribution is 6.32. The predicted octanol–water partition coefficient (Wildman–Crippen LogP) is 3.12. The molecule has 15 heteroatoms. The summed E-state index contributed by atoms with van der Waals surface area (Å²) in [6, 6.07) is 0.569. The molecule has 0 aliphatic carbocycles. The number of anilines is 3. The first kappa shape index (κ1) is 21.9. The van der Waals surface area contributed by atoms with Gasteiger partial charge in [0.1, 0.15) is 11.1 Å². The standard InChI is InChI=1S/C19H16ClF3N10O/c1-9-13(24)16-26-7-12-14(32(16)30-9)18(2,19(21,22)23)8-31(12)17(34)29-10-5-11(20)15(25-6-10)33-27-3-4-28-33/h3-7H,8,24H2,1-2H3,(H,29,34). The van der Waals surface area contributed by atoms with Gasteiger partial charge in [-0.3, -0.25) is 4.90 Å². The number of carbonyl (C=O) groups is 1. The third kappa shape index (κ3) is 3.13. The lowest BCUT2D eigenvalue weighted by Gasteiger charge is -2.28. The zero-order valence-electron chi connectivity index (χ0n) is 17.7. The van der Waals surface area contributed by atoms with E-state index in [-0.39, 0.29) is 39.2 Å². The van der Waals surface area contributed by atoms with Crippen LogP contribution < -0.4 is 16.0 Å². The molecule has 1 aliphatic heterocycles. The monoisotopic (exact) mass is 492 g/mol. The lowest BCUT2D eigenvalue weighted by Crippen LogP contribution is -2.46. The maximum Gasteiger partial charge on any atom is 0.401 e. The van der Waals surface area contributed by atoms with E-state index >= 15 is 0 Å². The Balaban J connectivity index is 1.53. The highest BCUT2D eigenvalue weighted by Gasteiger charge is 2.60. The van der Waals surface area contributed by atoms with Gasteiger partial charge in [-0.15, -0.1) is 4.80 Å². The molecule has 11 nitrogen and oxygen atoms in total. The van der Waals surface area contributed by atoms with Gasteiger partial charge in [-0.05, 0) is 19.9 Å². The Morgan fingerprint density at radius 3 is 2.59 bits per heavy atom. The number of amides is 2. The smallest absolute Gasteiger partial charge is 0.394 e. The molecule has 34 heavy (non-hydrogen) atoms. The fraction of sp³-hybridized carbons (Fsp3) is 0.263. The fourth-order valence-corrected chi connectivity index (χ4v) is 4.10. The summed E-state index contributed by atoms with van der Waals surface area (Å²) < 4.78 is 43.8. The van der Waals surface area contributed by atoms with E-state index in [2.05, 4.69) is 30.6 Å². The van der Waals surface area contributed by atoms with E-state index in [0.717, 1.165) is 16.3 Å². The van der Waals surface area contributed by atoms with Crippen molar-refractivity contribution in [2.75, 3.05) is 22.5 Å². The van der Waals surface area contributed by atoms with Gasteiger partial charge in [0.25, 0.3) is 0 Å². The van der Waals surface area contributed by atoms with E-state index < -0.39 is 24.2 Å². The van der Waals surface area contributed by atoms with Crippen LogP contribution in [0.25, 0.3) is 11.5 Å². The van der Waals surface area contributed by atoms with Gasteiger partial charge < -0.3 is 11.1 Å². The number of alkyl halides is 3. The number of hydrogen-bond donors (Lipinski definition) is 2. The number of nitrogen functional groups attached to an aromatic ring is 1. The molecule has 3 N–H and O–H groups in total. The van der Waals surface area contributed by atoms with Gasteiger partial charge >= 0.3 is 12.2 Å². The van der Waals surface area contributed by atoms with Crippen LogP contribution in [-0.4, -0.2) is 53.3 Å². The Morgan fingerprint density at radius 1 is 1.24 bits per heavy atom. The summed E-state index contributed by atoms with van der Waals surface area (Å²) in [7, 11) is 0. The molecule has 0 spiro atoms. The van der Waals surface area contributed by atoms with E-state index in [4.69, 9.17) is 17.3 Å². The Hall–Kier alpha value is -3.94. The third-order valence-electron chi connectivity index (χ3n) is 5.68. The van der Waals surface area contributed by atoms with Crippen LogP contribution in [0, 0.1) is 6.92 Å². The third-order valence-corrected chi connectivity index (χ3v) is 5.96. The second kappa shape index (κ2) is 7.28. The molecule has 176 valence electrons. The van der Waals surface area contributed by atoms with Gasteiger partial charge in [0.05, 0.1) is 52.6 Å². The first-order chi connectivity index (χ1) is 16.0. The van der Waals surface area contributed by atoms with E-state index in [0.29, 0.717) is 5.69 Å². The van der Waals surface area contributed by atoms with E-state index in [1.54, 1.807) is 6.92 Å². The van der Waals surface area contributed by atoms with Crippen LogP contribution in [0.1, 0.15) is 18.3 Å². The Morgan fingerprint density at radius 2 is 1.94 bits per heavy atom. The number of nitrogens with two attached hydrogens (primary N) is 1. The fourth-order valence-electron chi connectivity index (χ4n) is 3.86. The molecule has 4 aromatic rings. The van der Waals surface area contributed by atoms with Crippen LogP contribution in [0.4, 0.5) is 35.0 Å². The topological polar surface area (TPSA) is 132 Å². The van der Waals surface area contributed by atoms with Crippen molar-refractivity contribution in [3.05, 3.63) is 47.3 Å². The summed E-state index contributed by atoms with van der Waals surface area (Å²) in [5, 5.41) is 14.7. The Kier molecular flexibility index (Phi) is 4.69. The molecular formula is C19H16ClF3N10O. The maximum atomic E-state index is 14.3. The number of urea groups is 1. The number of carbonyl (C=O) groups excluding carboxylic acids is 1. The molecule has 0 radical (unpaired) electrons. The predicted molar refractivity (Wildman–Crippen MR) is 116 cm³/mol. The highest BCUT2D eigenvalue weighted by Crippen LogP contribution is 2.50. The molecular weight excluding hydrogens is 477 g/mol. The minimum Gasteiger partial charge on any atom is -0.394 e. The highest BCUT2D eigenvalue weighted by atomic mass is 35.5. The van der Waals surface area contributed by atoms with Crippen molar-refractivity contribution in [2.45, 2.75) is 25.4 Å². The summed E-state index contributed by atoms with van der Waals surface area (Å²) in [4.78, 5) is 23.5. The van der Waals surface area contributed by atoms with E-state index in [9.17, 15) is 18.0 Å². The summed E-state index contributed by atoms with van der Waals surface area (Å²) in [5.74, 6) is 0.221. The van der Waals surface area contributed by atoms with Crippen LogP contribution in [0.5, 0.6) is 0 Å². The minimum absolute atomic E-state index is 0.0382. The number of rotatable bonds is 2. The van der Waals surface area contributed by atoms with E-state index in [1.807, 2.05) is 0 Å². The largest absolute Gasteiger partial charge is 0.401 e. The first-order valence-corrected chi connectivity index (χ1v) is 10.2. The molecule has 1 aliphatic rings. The van der Waals surface area contributed by atoms with Crippen molar-refractivity contribution in [1.29, 1.82) is 0 Å². The SMILES string of the molecule is Cc1nn2c3c(cnc2c1N)N(C(=O)Nc1cnc(-n2nccn2)c(Cl)c1)CC3(C)C(F)(F)F. The number of aryl methyl sites for hydroxylation is 1. The molecule has 0 aromatic carbocycles. The lowest BCUT2D eigenvalue weighted by atomic mass is 9.87. The molecule has 5 heterocycles. The molecule has 0 saturated heterocycles. The average molecular weight is 493 g/mol. The molecule has 0 saturated carbocycles. The maximum absolute atomic E-state index is 14.3. The lowest BCUT2D eigenvalue weighted by molar-refractivity contribution is -0.181. The first-order valence-electron chi connectivity index (χ1n) is 9.83. The van der Waals surface area contributed by atoms with Gasteiger partial charge in [-0.1, -0.05) is 11.6 Å². The molecule has 4 aromatic heterocycles. The minimum atomic E-state index is -4.69. The van der Waals surface area contributed by atoms with Gasteiger partial charge in [0.15, 0.2) is 11.5 Å². The average Bonchev–Trinajstić information content (AvgIpc) is 3.46. The van der Waals surface area contributed by atoms with Crippen molar-refractivity contribution in [3.63, 3.8) is 0 Å². The van der Waals surface area contributed by atoms with Gasteiger partial charge in [-0.25, -0.2) is 19.3 Å². The summed E-state index contributed by atoms with van der Waals surface area (Å²) in [6.07, 6.45) is 0.673. The number of nitrogens with one attached hydrogen (secondary N) is 1. The van der Waals surface area contributed by atoms with Crippen LogP contribution in [-0.2, 0) is 5.41 Å². The normalized spacial score (nSPS) is 17.9. The number of halogens is 4. The van der Waals surface area contributed by atoms with E-state index in [1.165, 1.54) is 35.7 Å². The molecule has 5 rings (SSSR count). The van der Waals surface area contributed by atoms with Crippen LogP contribution in [0.3, 0.4) is 0 Å². The van der Waals surface area contributed by atoms with Crippen molar-refractivity contribution >= 4 is 40.3 Å². The van der Waals surface area contributed by atoms with Gasteiger partial charge in [0.2, 0.25) is 0 Å². The molecule has 1 unspecified atom stereocenters.